The number of ether oxygens (including phenoxy) is 1. The molecule has 6 nitrogen and oxygen atoms in total. The van der Waals surface area contributed by atoms with Crippen LogP contribution in [0.4, 0.5) is 0 Å². The van der Waals surface area contributed by atoms with Crippen molar-refractivity contribution in [2.75, 3.05) is 0 Å². The summed E-state index contributed by atoms with van der Waals surface area (Å²) in [5.41, 5.74) is -0.611. The molecule has 29 heavy (non-hydrogen) atoms. The number of hydrogen-bond acceptors (Lipinski definition) is 5. The van der Waals surface area contributed by atoms with Crippen LogP contribution in [0.15, 0.2) is 41.2 Å². The number of carbonyl (C=O) groups is 2. The van der Waals surface area contributed by atoms with Gasteiger partial charge in [0, 0.05) is 31.3 Å². The van der Waals surface area contributed by atoms with E-state index in [9.17, 15) is 19.5 Å². The zero-order chi connectivity index (χ0) is 21.3. The van der Waals surface area contributed by atoms with Crippen LogP contribution in [0.3, 0.4) is 0 Å². The van der Waals surface area contributed by atoms with Gasteiger partial charge in [-0.05, 0) is 31.2 Å². The predicted octanol–water partition coefficient (Wildman–Crippen LogP) is 4.90. The second-order valence-electron chi connectivity index (χ2n) is 6.55. The lowest BCUT2D eigenvalue weighted by atomic mass is 10.0. The van der Waals surface area contributed by atoms with Gasteiger partial charge in [0.25, 0.3) is 5.56 Å². The second-order valence-corrected chi connectivity index (χ2v) is 7.33. The molecule has 150 valence electrons. The molecule has 0 saturated heterocycles. The monoisotopic (exact) mass is 433 g/mol. The summed E-state index contributed by atoms with van der Waals surface area (Å²) in [5, 5.41) is 11.4. The topological polar surface area (TPSA) is 85.6 Å². The molecule has 0 bridgehead atoms. The van der Waals surface area contributed by atoms with Gasteiger partial charge in [0.1, 0.15) is 33.6 Å². The van der Waals surface area contributed by atoms with Crippen molar-refractivity contribution in [2.24, 2.45) is 7.05 Å². The normalized spacial score (nSPS) is 10.9. The Morgan fingerprint density at radius 1 is 1.14 bits per heavy atom. The van der Waals surface area contributed by atoms with E-state index in [2.05, 4.69) is 0 Å². The van der Waals surface area contributed by atoms with E-state index in [0.717, 1.165) is 0 Å². The van der Waals surface area contributed by atoms with Crippen molar-refractivity contribution in [3.05, 3.63) is 62.4 Å². The maximum Gasteiger partial charge on any atom is 0.265 e. The summed E-state index contributed by atoms with van der Waals surface area (Å²) in [6, 6.07) is 9.63. The number of aromatic nitrogens is 1. The van der Waals surface area contributed by atoms with E-state index in [1.54, 1.807) is 36.4 Å². The molecule has 0 aliphatic rings. The SMILES string of the molecule is CC(=O)CCC(=O)c1c(O)c2ccc(Oc3cccc(Cl)c3Cl)cc2n(C)c1=O. The van der Waals surface area contributed by atoms with Gasteiger partial charge in [0.15, 0.2) is 5.78 Å². The van der Waals surface area contributed by atoms with Crippen LogP contribution in [0.25, 0.3) is 10.9 Å². The van der Waals surface area contributed by atoms with Crippen molar-refractivity contribution in [1.29, 1.82) is 0 Å². The van der Waals surface area contributed by atoms with Gasteiger partial charge in [-0.25, -0.2) is 0 Å². The van der Waals surface area contributed by atoms with E-state index in [1.807, 2.05) is 0 Å². The molecule has 0 amide bonds. The maximum atomic E-state index is 12.7. The molecule has 3 aromatic rings. The van der Waals surface area contributed by atoms with E-state index in [4.69, 9.17) is 27.9 Å². The van der Waals surface area contributed by atoms with Crippen molar-refractivity contribution in [1.82, 2.24) is 4.57 Å². The second kappa shape index (κ2) is 8.27. The van der Waals surface area contributed by atoms with Gasteiger partial charge in [0.05, 0.1) is 10.5 Å². The Morgan fingerprint density at radius 2 is 1.86 bits per heavy atom. The highest BCUT2D eigenvalue weighted by Crippen LogP contribution is 2.36. The summed E-state index contributed by atoms with van der Waals surface area (Å²) in [7, 11) is 1.49. The van der Waals surface area contributed by atoms with Gasteiger partial charge in [-0.2, -0.15) is 0 Å². The van der Waals surface area contributed by atoms with Crippen LogP contribution in [0.1, 0.15) is 30.1 Å². The third-order valence-corrected chi connectivity index (χ3v) is 5.27. The first-order valence-electron chi connectivity index (χ1n) is 8.71. The van der Waals surface area contributed by atoms with Crippen LogP contribution >= 0.6 is 23.2 Å². The lowest BCUT2D eigenvalue weighted by molar-refractivity contribution is -0.116. The van der Waals surface area contributed by atoms with Crippen LogP contribution in [-0.2, 0) is 11.8 Å². The number of ketones is 2. The van der Waals surface area contributed by atoms with Crippen molar-refractivity contribution in [3.63, 3.8) is 0 Å². The lowest BCUT2D eigenvalue weighted by Crippen LogP contribution is -2.25. The molecule has 0 radical (unpaired) electrons. The maximum absolute atomic E-state index is 12.7. The Labute approximate surface area is 176 Å². The molecule has 0 aliphatic carbocycles. The third-order valence-electron chi connectivity index (χ3n) is 4.47. The van der Waals surface area contributed by atoms with Gasteiger partial charge in [-0.3, -0.25) is 9.59 Å². The van der Waals surface area contributed by atoms with E-state index in [-0.39, 0.29) is 29.2 Å². The molecule has 1 aromatic heterocycles. The molecule has 1 N–H and O–H groups in total. The molecule has 0 saturated carbocycles. The summed E-state index contributed by atoms with van der Waals surface area (Å²) in [5.74, 6) is -0.456. The highest BCUT2D eigenvalue weighted by atomic mass is 35.5. The van der Waals surface area contributed by atoms with Crippen LogP contribution in [0.5, 0.6) is 17.2 Å². The first kappa shape index (κ1) is 20.9. The smallest absolute Gasteiger partial charge is 0.265 e. The molecule has 0 spiro atoms. The minimum atomic E-state index is -0.651. The molecule has 0 unspecified atom stereocenters. The average Bonchev–Trinajstić information content (AvgIpc) is 2.68. The number of aryl methyl sites for hydroxylation is 1. The summed E-state index contributed by atoms with van der Waals surface area (Å²) in [4.78, 5) is 36.2. The van der Waals surface area contributed by atoms with Gasteiger partial charge < -0.3 is 19.2 Å². The number of hydrogen-bond donors (Lipinski definition) is 1. The van der Waals surface area contributed by atoms with E-state index >= 15 is 0 Å². The number of nitrogens with zero attached hydrogens (tertiary/aromatic N) is 1. The minimum Gasteiger partial charge on any atom is -0.506 e. The summed E-state index contributed by atoms with van der Waals surface area (Å²) < 4.78 is 7.01. The Hall–Kier alpha value is -2.83. The van der Waals surface area contributed by atoms with Gasteiger partial charge >= 0.3 is 0 Å². The Bertz CT molecular complexity index is 1200. The fourth-order valence-corrected chi connectivity index (χ4v) is 3.25. The number of carbonyl (C=O) groups excluding carboxylic acids is 2. The molecule has 0 atom stereocenters. The number of Topliss-reactive ketones (excluding diaryl/α,β-unsaturated/α-hetero) is 2. The van der Waals surface area contributed by atoms with Crippen LogP contribution < -0.4 is 10.3 Å². The first-order valence-corrected chi connectivity index (χ1v) is 9.46. The molecule has 3 rings (SSSR count). The molecule has 8 heteroatoms. The first-order chi connectivity index (χ1) is 13.7. The highest BCUT2D eigenvalue weighted by molar-refractivity contribution is 6.42. The number of aromatic hydroxyl groups is 1. The van der Waals surface area contributed by atoms with Gasteiger partial charge in [-0.1, -0.05) is 29.3 Å². The molecule has 0 aliphatic heterocycles. The number of fused-ring (bicyclic) bond motifs is 1. The predicted molar refractivity (Wildman–Crippen MR) is 112 cm³/mol. The summed E-state index contributed by atoms with van der Waals surface area (Å²) in [6.45, 7) is 1.36. The van der Waals surface area contributed by atoms with Crippen LogP contribution in [0.2, 0.25) is 10.0 Å². The molecule has 2 aromatic carbocycles. The highest BCUT2D eigenvalue weighted by Gasteiger charge is 2.21. The number of benzene rings is 2. The summed E-state index contributed by atoms with van der Waals surface area (Å²) >= 11 is 12.1. The Morgan fingerprint density at radius 3 is 2.55 bits per heavy atom. The fraction of sp³-hybridized carbons (Fsp3) is 0.190. The Kier molecular flexibility index (Phi) is 5.96. The molecular weight excluding hydrogens is 417 g/mol. The summed E-state index contributed by atoms with van der Waals surface area (Å²) in [6.07, 6.45) is -0.134. The molecular formula is C21H17Cl2NO5. The van der Waals surface area contributed by atoms with Crippen molar-refractivity contribution in [3.8, 4) is 17.2 Å². The van der Waals surface area contributed by atoms with Crippen LogP contribution in [-0.4, -0.2) is 21.2 Å². The van der Waals surface area contributed by atoms with E-state index in [0.29, 0.717) is 27.4 Å². The van der Waals surface area contributed by atoms with Crippen molar-refractivity contribution >= 4 is 45.7 Å². The number of halogens is 2. The van der Waals surface area contributed by atoms with E-state index < -0.39 is 17.1 Å². The minimum absolute atomic E-state index is 0.00658. The van der Waals surface area contributed by atoms with Crippen molar-refractivity contribution < 1.29 is 19.4 Å². The molecule has 0 fully saturated rings. The van der Waals surface area contributed by atoms with E-state index in [1.165, 1.54) is 18.5 Å². The van der Waals surface area contributed by atoms with Gasteiger partial charge in [0.2, 0.25) is 0 Å². The Balaban J connectivity index is 2.06. The zero-order valence-corrected chi connectivity index (χ0v) is 17.2. The zero-order valence-electron chi connectivity index (χ0n) is 15.7. The van der Waals surface area contributed by atoms with Gasteiger partial charge in [-0.15, -0.1) is 0 Å². The third kappa shape index (κ3) is 4.13. The van der Waals surface area contributed by atoms with Crippen molar-refractivity contribution in [2.45, 2.75) is 19.8 Å². The van der Waals surface area contributed by atoms with Crippen LogP contribution in [0, 0.1) is 0 Å². The standard InChI is InChI=1S/C21H17Cl2NO5/c1-11(25)6-9-16(26)18-20(27)13-8-7-12(10-15(13)24(2)21(18)28)29-17-5-3-4-14(22)19(17)23/h3-5,7-8,10,27H,6,9H2,1-2H3. The lowest BCUT2D eigenvalue weighted by Gasteiger charge is -2.13. The fourth-order valence-electron chi connectivity index (χ4n) is 2.92. The average molecular weight is 434 g/mol. The molecule has 1 heterocycles. The number of pyridine rings is 1. The number of rotatable bonds is 6. The quantitative estimate of drug-likeness (QED) is 0.558. The largest absolute Gasteiger partial charge is 0.506 e.